The highest BCUT2D eigenvalue weighted by atomic mass is 79.9. The molecule has 1 aromatic heterocycles. The molecule has 1 aromatic carbocycles. The molecule has 1 fully saturated rings. The van der Waals surface area contributed by atoms with E-state index in [0.29, 0.717) is 16.9 Å². The molecule has 0 spiro atoms. The maximum Gasteiger partial charge on any atom is 0.294 e. The molecule has 0 N–H and O–H groups in total. The number of rotatable bonds is 5. The second-order valence-corrected chi connectivity index (χ2v) is 8.53. The van der Waals surface area contributed by atoms with Crippen LogP contribution in [0.25, 0.3) is 0 Å². The number of anilines is 2. The summed E-state index contributed by atoms with van der Waals surface area (Å²) in [6.45, 7) is 2.86. The van der Waals surface area contributed by atoms with Crippen LogP contribution in [-0.2, 0) is 6.42 Å². The van der Waals surface area contributed by atoms with E-state index in [9.17, 15) is 4.79 Å². The molecule has 0 bridgehead atoms. The second-order valence-electron chi connectivity index (χ2n) is 7.28. The number of fused-ring (bicyclic) bond motifs is 1. The van der Waals surface area contributed by atoms with Gasteiger partial charge in [-0.25, -0.2) is 4.98 Å². The molecule has 0 radical (unpaired) electrons. The Morgan fingerprint density at radius 2 is 2.19 bits per heavy atom. The van der Waals surface area contributed by atoms with Gasteiger partial charge in [-0.1, -0.05) is 18.5 Å². The first-order valence-corrected chi connectivity index (χ1v) is 10.6. The lowest BCUT2D eigenvalue weighted by Gasteiger charge is -2.32. The van der Waals surface area contributed by atoms with Crippen LogP contribution in [0.1, 0.15) is 44.2 Å². The van der Waals surface area contributed by atoms with Gasteiger partial charge in [-0.2, -0.15) is 0 Å². The van der Waals surface area contributed by atoms with E-state index in [1.165, 1.54) is 12.8 Å². The topological polar surface area (TPSA) is 47.4 Å². The zero-order valence-corrected chi connectivity index (χ0v) is 17.9. The molecule has 2 heterocycles. The van der Waals surface area contributed by atoms with Crippen LogP contribution in [0.5, 0.6) is 5.75 Å². The third kappa shape index (κ3) is 3.49. The van der Waals surface area contributed by atoms with Crippen molar-refractivity contribution in [2.24, 2.45) is 5.92 Å². The van der Waals surface area contributed by atoms with Crippen LogP contribution in [0, 0.1) is 5.92 Å². The lowest BCUT2D eigenvalue weighted by atomic mass is 10.0. The molecule has 1 atom stereocenters. The summed E-state index contributed by atoms with van der Waals surface area (Å²) in [5.41, 5.74) is 2.07. The van der Waals surface area contributed by atoms with Crippen LogP contribution in [0.2, 0.25) is 5.15 Å². The minimum absolute atomic E-state index is 0.0614. The number of nitrogens with zero attached hydrogens (tertiary/aromatic N) is 3. The van der Waals surface area contributed by atoms with Gasteiger partial charge >= 0.3 is 0 Å². The Hall–Kier alpha value is -1.53. The molecule has 0 amide bonds. The summed E-state index contributed by atoms with van der Waals surface area (Å²) in [5.74, 6) is 1.79. The normalized spacial score (nSPS) is 17.6. The van der Waals surface area contributed by atoms with Gasteiger partial charge in [-0.3, -0.25) is 4.79 Å². The molecule has 27 heavy (non-hydrogen) atoms. The second kappa shape index (κ2) is 7.47. The van der Waals surface area contributed by atoms with E-state index in [1.54, 1.807) is 13.3 Å². The molecule has 144 valence electrons. The quantitative estimate of drug-likeness (QED) is 0.632. The average molecular weight is 453 g/mol. The summed E-state index contributed by atoms with van der Waals surface area (Å²) >= 11 is 10.0. The number of hydrogen-bond donors (Lipinski definition) is 0. The van der Waals surface area contributed by atoms with Crippen LogP contribution in [0.3, 0.4) is 0 Å². The van der Waals surface area contributed by atoms with E-state index in [-0.39, 0.29) is 11.6 Å². The van der Waals surface area contributed by atoms with Gasteiger partial charge in [0.15, 0.2) is 0 Å². The van der Waals surface area contributed by atoms with Crippen LogP contribution in [-0.4, -0.2) is 23.2 Å². The maximum absolute atomic E-state index is 13.4. The van der Waals surface area contributed by atoms with Crippen molar-refractivity contribution in [2.75, 3.05) is 18.6 Å². The molecular formula is C20H23BrClN3O2. The minimum atomic E-state index is -0.0614. The Labute approximate surface area is 172 Å². The molecule has 1 saturated carbocycles. The van der Waals surface area contributed by atoms with Crippen molar-refractivity contribution < 1.29 is 4.74 Å². The Bertz CT molecular complexity index is 926. The van der Waals surface area contributed by atoms with Gasteiger partial charge in [-0.15, -0.1) is 0 Å². The fourth-order valence-electron chi connectivity index (χ4n) is 4.12. The summed E-state index contributed by atoms with van der Waals surface area (Å²) in [6, 6.07) is 4.16. The zero-order valence-electron chi connectivity index (χ0n) is 15.5. The predicted molar refractivity (Wildman–Crippen MR) is 112 cm³/mol. The zero-order chi connectivity index (χ0) is 19.1. The Morgan fingerprint density at radius 3 is 2.85 bits per heavy atom. The van der Waals surface area contributed by atoms with Crippen molar-refractivity contribution >= 4 is 39.0 Å². The van der Waals surface area contributed by atoms with E-state index in [0.717, 1.165) is 47.3 Å². The molecule has 7 heteroatoms. The highest BCUT2D eigenvalue weighted by Crippen LogP contribution is 2.42. The molecule has 0 unspecified atom stereocenters. The van der Waals surface area contributed by atoms with Gasteiger partial charge in [0.2, 0.25) is 5.82 Å². The molecule has 5 nitrogen and oxygen atoms in total. The van der Waals surface area contributed by atoms with Crippen LogP contribution < -0.4 is 15.2 Å². The van der Waals surface area contributed by atoms with E-state index >= 15 is 0 Å². The number of ether oxygens (including phenoxy) is 1. The number of hydrogen-bond acceptors (Lipinski definition) is 4. The van der Waals surface area contributed by atoms with Gasteiger partial charge in [0.25, 0.3) is 5.56 Å². The van der Waals surface area contributed by atoms with E-state index < -0.39 is 0 Å². The Morgan fingerprint density at radius 1 is 1.41 bits per heavy atom. The smallest absolute Gasteiger partial charge is 0.294 e. The largest absolute Gasteiger partial charge is 0.497 e. The molecule has 1 aliphatic carbocycles. The van der Waals surface area contributed by atoms with Crippen molar-refractivity contribution in [1.82, 2.24) is 9.55 Å². The molecule has 2 aliphatic rings. The number of halogens is 2. The highest BCUT2D eigenvalue weighted by Gasteiger charge is 2.33. The average Bonchev–Trinajstić information content (AvgIpc) is 3.49. The molecule has 2 aromatic rings. The predicted octanol–water partition coefficient (Wildman–Crippen LogP) is 5.11. The summed E-state index contributed by atoms with van der Waals surface area (Å²) in [6.07, 6.45) is 6.86. The van der Waals surface area contributed by atoms with Gasteiger partial charge in [0.1, 0.15) is 10.9 Å². The SMILES string of the molecule is CC[C@H](C1CC1)n1cc(Cl)nc(N2CCCc3cc(OC)cc(Br)c32)c1=O. The number of aromatic nitrogens is 2. The van der Waals surface area contributed by atoms with Crippen molar-refractivity contribution in [1.29, 1.82) is 0 Å². The molecule has 0 saturated heterocycles. The lowest BCUT2D eigenvalue weighted by molar-refractivity contribution is 0.413. The first kappa shape index (κ1) is 18.8. The summed E-state index contributed by atoms with van der Waals surface area (Å²) in [5, 5.41) is 0.362. The maximum atomic E-state index is 13.4. The summed E-state index contributed by atoms with van der Waals surface area (Å²) < 4.78 is 8.11. The third-order valence-corrected chi connectivity index (χ3v) is 6.32. The van der Waals surface area contributed by atoms with E-state index in [1.807, 2.05) is 21.6 Å². The van der Waals surface area contributed by atoms with Gasteiger partial charge < -0.3 is 14.2 Å². The number of methoxy groups -OCH3 is 1. The first-order valence-electron chi connectivity index (χ1n) is 9.46. The fraction of sp³-hybridized carbons (Fsp3) is 0.500. The first-order chi connectivity index (χ1) is 13.0. The fourth-order valence-corrected chi connectivity index (χ4v) is 5.00. The standard InChI is InChI=1S/C20H23BrClN3O2/c1-3-16(12-6-7-12)25-11-17(22)23-19(20(25)26)24-8-4-5-13-9-14(27-2)10-15(21)18(13)24/h9-12,16H,3-8H2,1-2H3/t16-/m1/s1. The third-order valence-electron chi connectivity index (χ3n) is 5.53. The number of aryl methyl sites for hydroxylation is 1. The Kier molecular flexibility index (Phi) is 5.21. The van der Waals surface area contributed by atoms with Gasteiger partial charge in [0.05, 0.1) is 12.8 Å². The highest BCUT2D eigenvalue weighted by molar-refractivity contribution is 9.10. The van der Waals surface area contributed by atoms with Crippen LogP contribution in [0.4, 0.5) is 11.5 Å². The van der Waals surface area contributed by atoms with Crippen molar-refractivity contribution in [3.63, 3.8) is 0 Å². The van der Waals surface area contributed by atoms with E-state index in [2.05, 4.69) is 27.8 Å². The summed E-state index contributed by atoms with van der Waals surface area (Å²) in [7, 11) is 1.66. The minimum Gasteiger partial charge on any atom is -0.497 e. The summed E-state index contributed by atoms with van der Waals surface area (Å²) in [4.78, 5) is 19.8. The molecule has 4 rings (SSSR count). The molecule has 1 aliphatic heterocycles. The van der Waals surface area contributed by atoms with Gasteiger partial charge in [0, 0.05) is 23.3 Å². The monoisotopic (exact) mass is 451 g/mol. The van der Waals surface area contributed by atoms with Crippen LogP contribution >= 0.6 is 27.5 Å². The van der Waals surface area contributed by atoms with Crippen molar-refractivity contribution in [2.45, 2.75) is 45.1 Å². The van der Waals surface area contributed by atoms with E-state index in [4.69, 9.17) is 16.3 Å². The lowest BCUT2D eigenvalue weighted by Crippen LogP contribution is -2.35. The molecular weight excluding hydrogens is 430 g/mol. The number of benzene rings is 1. The Balaban J connectivity index is 1.84. The van der Waals surface area contributed by atoms with Crippen molar-refractivity contribution in [3.05, 3.63) is 43.9 Å². The van der Waals surface area contributed by atoms with Crippen molar-refractivity contribution in [3.8, 4) is 5.75 Å². The van der Waals surface area contributed by atoms with Crippen LogP contribution in [0.15, 0.2) is 27.6 Å². The van der Waals surface area contributed by atoms with Gasteiger partial charge in [-0.05, 0) is 71.6 Å².